The van der Waals surface area contributed by atoms with Crippen molar-refractivity contribution in [2.75, 3.05) is 5.88 Å². The van der Waals surface area contributed by atoms with Gasteiger partial charge in [0.15, 0.2) is 0 Å². The molecule has 0 aliphatic heterocycles. The van der Waals surface area contributed by atoms with Gasteiger partial charge in [-0.2, -0.15) is 0 Å². The Morgan fingerprint density at radius 3 is 2.55 bits per heavy atom. The smallest absolute Gasteiger partial charge is 0.123 e. The summed E-state index contributed by atoms with van der Waals surface area (Å²) in [4.78, 5) is 0. The highest BCUT2D eigenvalue weighted by molar-refractivity contribution is 6.30. The zero-order valence-corrected chi connectivity index (χ0v) is 12.9. The van der Waals surface area contributed by atoms with Crippen LogP contribution in [-0.2, 0) is 12.8 Å². The molecule has 0 amide bonds. The molecule has 0 spiro atoms. The second-order valence-electron chi connectivity index (χ2n) is 5.13. The van der Waals surface area contributed by atoms with Gasteiger partial charge in [-0.05, 0) is 66.6 Å². The van der Waals surface area contributed by atoms with Crippen molar-refractivity contribution in [3.8, 4) is 0 Å². The van der Waals surface area contributed by atoms with Crippen LogP contribution >= 0.6 is 23.2 Å². The summed E-state index contributed by atoms with van der Waals surface area (Å²) in [6.07, 6.45) is 1.73. The fraction of sp³-hybridized carbons (Fsp3) is 0.294. The summed E-state index contributed by atoms with van der Waals surface area (Å²) in [5, 5.41) is 0.744. The third kappa shape index (κ3) is 4.22. The summed E-state index contributed by atoms with van der Waals surface area (Å²) in [5.74, 6) is 0.700. The summed E-state index contributed by atoms with van der Waals surface area (Å²) in [7, 11) is 0. The first-order valence-corrected chi connectivity index (χ1v) is 7.55. The van der Waals surface area contributed by atoms with Gasteiger partial charge in [0, 0.05) is 10.9 Å². The molecule has 0 bridgehead atoms. The van der Waals surface area contributed by atoms with E-state index < -0.39 is 0 Å². The van der Waals surface area contributed by atoms with Crippen molar-refractivity contribution in [3.63, 3.8) is 0 Å². The molecule has 0 saturated heterocycles. The molecule has 0 aromatic heterocycles. The Bertz CT molecular complexity index is 581. The van der Waals surface area contributed by atoms with Crippen molar-refractivity contribution in [1.82, 2.24) is 0 Å². The van der Waals surface area contributed by atoms with Gasteiger partial charge in [-0.25, -0.2) is 4.39 Å². The Morgan fingerprint density at radius 2 is 1.90 bits per heavy atom. The molecule has 2 aromatic rings. The lowest BCUT2D eigenvalue weighted by Crippen LogP contribution is -2.11. The number of halogens is 3. The summed E-state index contributed by atoms with van der Waals surface area (Å²) >= 11 is 12.1. The SMILES string of the molecule is Cc1cc(F)ccc1CC(CCl)Cc1cccc(Cl)c1. The van der Waals surface area contributed by atoms with Gasteiger partial charge in [0.05, 0.1) is 0 Å². The van der Waals surface area contributed by atoms with Crippen LogP contribution in [0.15, 0.2) is 42.5 Å². The van der Waals surface area contributed by atoms with Gasteiger partial charge in [0.2, 0.25) is 0 Å². The van der Waals surface area contributed by atoms with Crippen molar-refractivity contribution in [2.45, 2.75) is 19.8 Å². The van der Waals surface area contributed by atoms with Crippen LogP contribution in [-0.4, -0.2) is 5.88 Å². The van der Waals surface area contributed by atoms with Gasteiger partial charge >= 0.3 is 0 Å². The Labute approximate surface area is 129 Å². The summed E-state index contributed by atoms with van der Waals surface area (Å²) in [6.45, 7) is 1.93. The van der Waals surface area contributed by atoms with Crippen LogP contribution in [0, 0.1) is 18.7 Å². The lowest BCUT2D eigenvalue weighted by Gasteiger charge is -2.16. The van der Waals surface area contributed by atoms with E-state index in [1.807, 2.05) is 31.2 Å². The Hall–Kier alpha value is -1.05. The van der Waals surface area contributed by atoms with Crippen LogP contribution < -0.4 is 0 Å². The number of benzene rings is 2. The second kappa shape index (κ2) is 7.10. The first kappa shape index (κ1) is 15.3. The van der Waals surface area contributed by atoms with E-state index in [1.54, 1.807) is 6.07 Å². The van der Waals surface area contributed by atoms with Crippen LogP contribution in [0.3, 0.4) is 0 Å². The zero-order valence-electron chi connectivity index (χ0n) is 11.4. The van der Waals surface area contributed by atoms with Crippen LogP contribution in [0.4, 0.5) is 4.39 Å². The van der Waals surface area contributed by atoms with E-state index in [0.29, 0.717) is 11.8 Å². The molecule has 0 nitrogen and oxygen atoms in total. The van der Waals surface area contributed by atoms with Gasteiger partial charge in [0.25, 0.3) is 0 Å². The molecule has 0 heterocycles. The summed E-state index contributed by atoms with van der Waals surface area (Å²) in [5.41, 5.74) is 3.31. The molecule has 0 N–H and O–H groups in total. The molecule has 1 unspecified atom stereocenters. The minimum atomic E-state index is -0.191. The Morgan fingerprint density at radius 1 is 1.10 bits per heavy atom. The standard InChI is InChI=1S/C17H17Cl2F/c1-12-7-17(20)6-5-15(12)9-14(11-18)8-13-3-2-4-16(19)10-13/h2-7,10,14H,8-9,11H2,1H3. The number of aryl methyl sites for hydroxylation is 1. The molecule has 2 rings (SSSR count). The van der Waals surface area contributed by atoms with Crippen LogP contribution in [0.2, 0.25) is 5.02 Å². The first-order valence-electron chi connectivity index (χ1n) is 6.64. The van der Waals surface area contributed by atoms with E-state index in [-0.39, 0.29) is 5.82 Å². The van der Waals surface area contributed by atoms with Gasteiger partial charge < -0.3 is 0 Å². The molecule has 3 heteroatoms. The van der Waals surface area contributed by atoms with Gasteiger partial charge in [0.1, 0.15) is 5.82 Å². The first-order chi connectivity index (χ1) is 9.58. The molecule has 2 aromatic carbocycles. The van der Waals surface area contributed by atoms with Gasteiger partial charge in [-0.1, -0.05) is 29.8 Å². The fourth-order valence-electron chi connectivity index (χ4n) is 2.38. The van der Waals surface area contributed by atoms with Crippen LogP contribution in [0.5, 0.6) is 0 Å². The van der Waals surface area contributed by atoms with Crippen molar-refractivity contribution in [1.29, 1.82) is 0 Å². The van der Waals surface area contributed by atoms with Gasteiger partial charge in [-0.15, -0.1) is 11.6 Å². The maximum atomic E-state index is 13.1. The summed E-state index contributed by atoms with van der Waals surface area (Å²) in [6, 6.07) is 12.8. The van der Waals surface area contributed by atoms with E-state index in [1.165, 1.54) is 11.6 Å². The van der Waals surface area contributed by atoms with Crippen molar-refractivity contribution in [3.05, 3.63) is 70.0 Å². The number of rotatable bonds is 5. The molecule has 106 valence electrons. The van der Waals surface area contributed by atoms with Crippen molar-refractivity contribution < 1.29 is 4.39 Å². The molecule has 0 radical (unpaired) electrons. The topological polar surface area (TPSA) is 0 Å². The van der Waals surface area contributed by atoms with Gasteiger partial charge in [-0.3, -0.25) is 0 Å². The third-order valence-electron chi connectivity index (χ3n) is 3.44. The van der Waals surface area contributed by atoms with E-state index in [0.717, 1.165) is 29.0 Å². The molecule has 0 aliphatic carbocycles. The normalized spacial score (nSPS) is 12.4. The highest BCUT2D eigenvalue weighted by Gasteiger charge is 2.12. The molecule has 1 atom stereocenters. The highest BCUT2D eigenvalue weighted by Crippen LogP contribution is 2.21. The monoisotopic (exact) mass is 310 g/mol. The van der Waals surface area contributed by atoms with Crippen LogP contribution in [0.1, 0.15) is 16.7 Å². The molecule has 0 saturated carbocycles. The molecule has 20 heavy (non-hydrogen) atoms. The lowest BCUT2D eigenvalue weighted by molar-refractivity contribution is 0.579. The van der Waals surface area contributed by atoms with E-state index in [4.69, 9.17) is 23.2 Å². The minimum Gasteiger partial charge on any atom is -0.207 e. The maximum Gasteiger partial charge on any atom is 0.123 e. The number of hydrogen-bond acceptors (Lipinski definition) is 0. The Balaban J connectivity index is 2.09. The molecular formula is C17H17Cl2F. The second-order valence-corrected chi connectivity index (χ2v) is 5.87. The minimum absolute atomic E-state index is 0.191. The zero-order chi connectivity index (χ0) is 14.5. The quantitative estimate of drug-likeness (QED) is 0.646. The lowest BCUT2D eigenvalue weighted by atomic mass is 9.92. The van der Waals surface area contributed by atoms with E-state index >= 15 is 0 Å². The predicted molar refractivity (Wildman–Crippen MR) is 84.2 cm³/mol. The van der Waals surface area contributed by atoms with Crippen molar-refractivity contribution in [2.24, 2.45) is 5.92 Å². The summed E-state index contributed by atoms with van der Waals surface area (Å²) < 4.78 is 13.1. The van der Waals surface area contributed by atoms with E-state index in [2.05, 4.69) is 6.07 Å². The Kier molecular flexibility index (Phi) is 5.45. The third-order valence-corrected chi connectivity index (χ3v) is 4.12. The fourth-order valence-corrected chi connectivity index (χ4v) is 2.81. The maximum absolute atomic E-state index is 13.1. The molecule has 0 fully saturated rings. The number of alkyl halides is 1. The average molecular weight is 311 g/mol. The predicted octanol–water partition coefficient (Wildman–Crippen LogP) is 5.43. The number of hydrogen-bond donors (Lipinski definition) is 0. The molecular weight excluding hydrogens is 294 g/mol. The van der Waals surface area contributed by atoms with E-state index in [9.17, 15) is 4.39 Å². The van der Waals surface area contributed by atoms with Crippen LogP contribution in [0.25, 0.3) is 0 Å². The largest absolute Gasteiger partial charge is 0.207 e. The highest BCUT2D eigenvalue weighted by atomic mass is 35.5. The average Bonchev–Trinajstić information content (AvgIpc) is 2.41. The van der Waals surface area contributed by atoms with Crippen molar-refractivity contribution >= 4 is 23.2 Å². The molecule has 0 aliphatic rings.